The maximum Gasteiger partial charge on any atom is 0.263 e. The Morgan fingerprint density at radius 1 is 1.37 bits per heavy atom. The highest BCUT2D eigenvalue weighted by Crippen LogP contribution is 2.20. The van der Waals surface area contributed by atoms with E-state index in [0.29, 0.717) is 12.0 Å². The molecule has 0 fully saturated rings. The van der Waals surface area contributed by atoms with Crippen molar-refractivity contribution in [2.45, 2.75) is 24.8 Å². The molecule has 2 N–H and O–H groups in total. The molecule has 0 unspecified atom stereocenters. The van der Waals surface area contributed by atoms with E-state index in [4.69, 9.17) is 5.11 Å². The van der Waals surface area contributed by atoms with Crippen LogP contribution in [0.5, 0.6) is 0 Å². The van der Waals surface area contributed by atoms with Crippen LogP contribution in [0.3, 0.4) is 0 Å². The summed E-state index contributed by atoms with van der Waals surface area (Å²) in [6.07, 6.45) is 0.708. The van der Waals surface area contributed by atoms with Gasteiger partial charge in [-0.05, 0) is 24.1 Å². The fourth-order valence-electron chi connectivity index (χ4n) is 1.42. The number of nitrogens with one attached hydrogen (secondary N) is 1. The molecule has 1 heterocycles. The van der Waals surface area contributed by atoms with Crippen molar-refractivity contribution in [1.29, 1.82) is 0 Å². The van der Waals surface area contributed by atoms with Crippen LogP contribution in [0, 0.1) is 0 Å². The van der Waals surface area contributed by atoms with Gasteiger partial charge in [-0.2, -0.15) is 0 Å². The lowest BCUT2D eigenvalue weighted by Gasteiger charge is -2.05. The van der Waals surface area contributed by atoms with Crippen LogP contribution < -0.4 is 4.72 Å². The van der Waals surface area contributed by atoms with Gasteiger partial charge in [0.2, 0.25) is 5.13 Å². The average molecular weight is 299 g/mol. The molecule has 2 aromatic rings. The van der Waals surface area contributed by atoms with Gasteiger partial charge in [0.1, 0.15) is 5.01 Å². The van der Waals surface area contributed by atoms with E-state index in [1.807, 2.05) is 6.92 Å². The summed E-state index contributed by atoms with van der Waals surface area (Å²) in [6.45, 7) is 1.71. The van der Waals surface area contributed by atoms with Crippen molar-refractivity contribution in [2.75, 3.05) is 4.72 Å². The first-order chi connectivity index (χ1) is 9.05. The minimum atomic E-state index is -3.69. The van der Waals surface area contributed by atoms with Crippen LogP contribution in [0.1, 0.15) is 17.5 Å². The first-order valence-corrected chi connectivity index (χ1v) is 7.90. The number of sulfonamides is 1. The zero-order valence-corrected chi connectivity index (χ0v) is 11.8. The fourth-order valence-corrected chi connectivity index (χ4v) is 3.40. The summed E-state index contributed by atoms with van der Waals surface area (Å²) in [6, 6.07) is 6.12. The molecular weight excluding hydrogens is 286 g/mol. The summed E-state index contributed by atoms with van der Waals surface area (Å²) in [5, 5.41) is 17.6. The van der Waals surface area contributed by atoms with E-state index in [1.165, 1.54) is 23.5 Å². The van der Waals surface area contributed by atoms with Gasteiger partial charge in [-0.15, -0.1) is 10.2 Å². The average Bonchev–Trinajstić information content (AvgIpc) is 2.85. The van der Waals surface area contributed by atoms with E-state index in [9.17, 15) is 8.42 Å². The molecule has 102 valence electrons. The van der Waals surface area contributed by atoms with Gasteiger partial charge in [-0.1, -0.05) is 30.4 Å². The van der Waals surface area contributed by atoms with E-state index in [0.717, 1.165) is 5.01 Å². The minimum Gasteiger partial charge on any atom is -0.392 e. The Kier molecular flexibility index (Phi) is 4.13. The SMILES string of the molecule is CCc1nnc(NS(=O)(=O)c2cccc(CO)c2)s1. The van der Waals surface area contributed by atoms with E-state index in [1.54, 1.807) is 12.1 Å². The first kappa shape index (κ1) is 13.9. The van der Waals surface area contributed by atoms with Gasteiger partial charge in [0, 0.05) is 0 Å². The quantitative estimate of drug-likeness (QED) is 0.870. The first-order valence-electron chi connectivity index (χ1n) is 5.60. The Hall–Kier alpha value is -1.51. The van der Waals surface area contributed by atoms with Crippen LogP contribution in [0.2, 0.25) is 0 Å². The minimum absolute atomic E-state index is 0.0901. The predicted molar refractivity (Wildman–Crippen MR) is 72.5 cm³/mol. The third-order valence-corrected chi connectivity index (χ3v) is 4.83. The van der Waals surface area contributed by atoms with Crippen LogP contribution in [-0.2, 0) is 23.1 Å². The van der Waals surface area contributed by atoms with Crippen LogP contribution in [-0.4, -0.2) is 23.7 Å². The van der Waals surface area contributed by atoms with Gasteiger partial charge in [0.25, 0.3) is 10.0 Å². The molecule has 0 saturated heterocycles. The lowest BCUT2D eigenvalue weighted by atomic mass is 10.2. The van der Waals surface area contributed by atoms with Crippen molar-refractivity contribution >= 4 is 26.5 Å². The molecule has 6 nitrogen and oxygen atoms in total. The second kappa shape index (κ2) is 5.64. The summed E-state index contributed by atoms with van der Waals surface area (Å²) in [7, 11) is -3.69. The van der Waals surface area contributed by atoms with Crippen molar-refractivity contribution < 1.29 is 13.5 Å². The molecule has 0 amide bonds. The predicted octanol–water partition coefficient (Wildman–Crippen LogP) is 1.39. The third kappa shape index (κ3) is 3.28. The normalized spacial score (nSPS) is 11.5. The number of aromatic nitrogens is 2. The molecule has 0 aliphatic rings. The molecular formula is C11H13N3O3S2. The van der Waals surface area contributed by atoms with E-state index in [2.05, 4.69) is 14.9 Å². The zero-order chi connectivity index (χ0) is 13.9. The van der Waals surface area contributed by atoms with E-state index >= 15 is 0 Å². The van der Waals surface area contributed by atoms with Gasteiger partial charge in [-0.25, -0.2) is 8.42 Å². The van der Waals surface area contributed by atoms with Gasteiger partial charge < -0.3 is 5.11 Å². The zero-order valence-electron chi connectivity index (χ0n) is 10.2. The number of benzene rings is 1. The highest BCUT2D eigenvalue weighted by molar-refractivity contribution is 7.93. The largest absolute Gasteiger partial charge is 0.392 e. The van der Waals surface area contributed by atoms with E-state index < -0.39 is 10.0 Å². The number of rotatable bonds is 5. The van der Waals surface area contributed by atoms with Crippen LogP contribution >= 0.6 is 11.3 Å². The standard InChI is InChI=1S/C11H13N3O3S2/c1-2-10-12-13-11(18-10)14-19(16,17)9-5-3-4-8(6-9)7-15/h3-6,15H,2,7H2,1H3,(H,13,14). The summed E-state index contributed by atoms with van der Waals surface area (Å²) in [5.41, 5.74) is 0.536. The van der Waals surface area contributed by atoms with Crippen molar-refractivity contribution in [3.63, 3.8) is 0 Å². The molecule has 8 heteroatoms. The Morgan fingerprint density at radius 3 is 2.79 bits per heavy atom. The molecule has 1 aromatic carbocycles. The summed E-state index contributed by atoms with van der Waals surface area (Å²) in [4.78, 5) is 0.0901. The molecule has 0 bridgehead atoms. The Bertz CT molecular complexity index is 667. The molecule has 0 aliphatic heterocycles. The molecule has 19 heavy (non-hydrogen) atoms. The van der Waals surface area contributed by atoms with Gasteiger partial charge in [0.15, 0.2) is 0 Å². The number of aliphatic hydroxyl groups excluding tert-OH is 1. The molecule has 0 saturated carbocycles. The van der Waals surface area contributed by atoms with Crippen LogP contribution in [0.15, 0.2) is 29.2 Å². The monoisotopic (exact) mass is 299 g/mol. The molecule has 0 aliphatic carbocycles. The lowest BCUT2D eigenvalue weighted by molar-refractivity contribution is 0.281. The van der Waals surface area contributed by atoms with Gasteiger partial charge >= 0.3 is 0 Å². The van der Waals surface area contributed by atoms with Gasteiger partial charge in [-0.3, -0.25) is 4.72 Å². The number of hydrogen-bond acceptors (Lipinski definition) is 6. The topological polar surface area (TPSA) is 92.2 Å². The highest BCUT2D eigenvalue weighted by atomic mass is 32.2. The Morgan fingerprint density at radius 2 is 2.16 bits per heavy atom. The highest BCUT2D eigenvalue weighted by Gasteiger charge is 2.16. The number of aryl methyl sites for hydroxylation is 1. The smallest absolute Gasteiger partial charge is 0.263 e. The molecule has 0 radical (unpaired) electrons. The second-order valence-corrected chi connectivity index (χ2v) is 6.51. The second-order valence-electron chi connectivity index (χ2n) is 3.77. The number of nitrogens with zero attached hydrogens (tertiary/aromatic N) is 2. The maximum absolute atomic E-state index is 12.1. The fraction of sp³-hybridized carbons (Fsp3) is 0.273. The summed E-state index contributed by atoms with van der Waals surface area (Å²) in [5.74, 6) is 0. The van der Waals surface area contributed by atoms with Crippen molar-refractivity contribution in [3.05, 3.63) is 34.8 Å². The summed E-state index contributed by atoms with van der Waals surface area (Å²) >= 11 is 1.20. The number of aliphatic hydroxyl groups is 1. The molecule has 1 aromatic heterocycles. The van der Waals surface area contributed by atoms with Crippen LogP contribution in [0.4, 0.5) is 5.13 Å². The lowest BCUT2D eigenvalue weighted by Crippen LogP contribution is -2.13. The van der Waals surface area contributed by atoms with Crippen molar-refractivity contribution in [3.8, 4) is 0 Å². The molecule has 0 atom stereocenters. The number of hydrogen-bond donors (Lipinski definition) is 2. The Labute approximate surface area is 115 Å². The van der Waals surface area contributed by atoms with Crippen molar-refractivity contribution in [1.82, 2.24) is 10.2 Å². The molecule has 0 spiro atoms. The maximum atomic E-state index is 12.1. The van der Waals surface area contributed by atoms with Crippen molar-refractivity contribution in [2.24, 2.45) is 0 Å². The summed E-state index contributed by atoms with van der Waals surface area (Å²) < 4.78 is 26.6. The van der Waals surface area contributed by atoms with Gasteiger partial charge in [0.05, 0.1) is 11.5 Å². The third-order valence-electron chi connectivity index (χ3n) is 2.38. The van der Waals surface area contributed by atoms with Crippen LogP contribution in [0.25, 0.3) is 0 Å². The molecule has 2 rings (SSSR count). The van der Waals surface area contributed by atoms with E-state index in [-0.39, 0.29) is 16.6 Å². The Balaban J connectivity index is 2.26. The number of anilines is 1.